The number of hydrogen-bond donors (Lipinski definition) is 2. The molecule has 0 aliphatic rings. The molecule has 2 rings (SSSR count). The van der Waals surface area contributed by atoms with E-state index in [2.05, 4.69) is 36.7 Å². The molecule has 11 heteroatoms. The highest BCUT2D eigenvalue weighted by Crippen LogP contribution is 2.24. The van der Waals surface area contributed by atoms with Crippen LogP contribution in [0.5, 0.6) is 0 Å². The predicted octanol–water partition coefficient (Wildman–Crippen LogP) is 1.84. The number of aryl methyl sites for hydroxylation is 1. The van der Waals surface area contributed by atoms with Gasteiger partial charge in [0.2, 0.25) is 0 Å². The number of nitrogens with one attached hydrogen (secondary N) is 1. The largest absolute Gasteiger partial charge is 0.335 e. The maximum absolute atomic E-state index is 10.8. The molecular weight excluding hydrogens is 366 g/mol. The second kappa shape index (κ2) is 6.99. The lowest BCUT2D eigenvalue weighted by atomic mass is 10.2. The Morgan fingerprint density at radius 3 is 2.81 bits per heavy atom. The van der Waals surface area contributed by atoms with Crippen molar-refractivity contribution < 1.29 is 4.92 Å². The Morgan fingerprint density at radius 1 is 1.52 bits per heavy atom. The molecule has 0 fully saturated rings. The molecule has 0 radical (unpaired) electrons. The SMILES string of the molecule is Cc1nnc(NN=Cc2ccc(Br)c([N+](=O)[O-])c2)n1N.Cl. The van der Waals surface area contributed by atoms with Crippen LogP contribution in [0.4, 0.5) is 11.6 Å². The average molecular weight is 377 g/mol. The van der Waals surface area contributed by atoms with Crippen LogP contribution < -0.4 is 11.3 Å². The fraction of sp³-hybridized carbons (Fsp3) is 0.100. The second-order valence-corrected chi connectivity index (χ2v) is 4.63. The van der Waals surface area contributed by atoms with Crippen molar-refractivity contribution in [1.29, 1.82) is 0 Å². The lowest BCUT2D eigenvalue weighted by Gasteiger charge is -2.00. The first-order chi connectivity index (χ1) is 9.49. The van der Waals surface area contributed by atoms with Crippen LogP contribution in [0, 0.1) is 17.0 Å². The third-order valence-electron chi connectivity index (χ3n) is 2.41. The minimum Gasteiger partial charge on any atom is -0.335 e. The number of hydrogen-bond acceptors (Lipinski definition) is 7. The van der Waals surface area contributed by atoms with E-state index in [1.165, 1.54) is 17.0 Å². The predicted molar refractivity (Wildman–Crippen MR) is 84.2 cm³/mol. The van der Waals surface area contributed by atoms with Gasteiger partial charge in [0.15, 0.2) is 5.82 Å². The van der Waals surface area contributed by atoms with Gasteiger partial charge >= 0.3 is 0 Å². The number of aromatic nitrogens is 3. The normalized spacial score (nSPS) is 10.4. The number of halogens is 2. The molecule has 21 heavy (non-hydrogen) atoms. The molecular formula is C10H11BrClN7O2. The van der Waals surface area contributed by atoms with Crippen molar-refractivity contribution in [3.8, 4) is 0 Å². The van der Waals surface area contributed by atoms with Gasteiger partial charge in [-0.05, 0) is 28.9 Å². The van der Waals surface area contributed by atoms with Crippen LogP contribution in [0.15, 0.2) is 27.8 Å². The molecule has 0 saturated heterocycles. The molecule has 9 nitrogen and oxygen atoms in total. The first-order valence-electron chi connectivity index (χ1n) is 5.39. The summed E-state index contributed by atoms with van der Waals surface area (Å²) in [6.45, 7) is 1.69. The summed E-state index contributed by atoms with van der Waals surface area (Å²) in [6, 6.07) is 4.66. The third kappa shape index (κ3) is 3.89. The number of benzene rings is 1. The first kappa shape index (κ1) is 16.9. The summed E-state index contributed by atoms with van der Waals surface area (Å²) in [6.07, 6.45) is 1.42. The maximum Gasteiger partial charge on any atom is 0.284 e. The topological polar surface area (TPSA) is 124 Å². The van der Waals surface area contributed by atoms with Crippen LogP contribution in [0.1, 0.15) is 11.4 Å². The number of nitro groups is 1. The molecule has 1 aromatic carbocycles. The highest BCUT2D eigenvalue weighted by Gasteiger charge is 2.11. The fourth-order valence-electron chi connectivity index (χ4n) is 1.36. The summed E-state index contributed by atoms with van der Waals surface area (Å²) >= 11 is 3.11. The Labute approximate surface area is 133 Å². The Morgan fingerprint density at radius 2 is 2.24 bits per heavy atom. The second-order valence-electron chi connectivity index (χ2n) is 3.78. The quantitative estimate of drug-likeness (QED) is 0.363. The van der Waals surface area contributed by atoms with E-state index >= 15 is 0 Å². The fourth-order valence-corrected chi connectivity index (χ4v) is 1.75. The van der Waals surface area contributed by atoms with Gasteiger partial charge in [0.1, 0.15) is 0 Å². The van der Waals surface area contributed by atoms with Gasteiger partial charge in [-0.1, -0.05) is 6.07 Å². The zero-order valence-electron chi connectivity index (χ0n) is 10.7. The minimum atomic E-state index is -0.477. The van der Waals surface area contributed by atoms with Gasteiger partial charge in [0, 0.05) is 11.6 Å². The summed E-state index contributed by atoms with van der Waals surface area (Å²) in [7, 11) is 0. The molecule has 0 atom stereocenters. The molecule has 0 bridgehead atoms. The maximum atomic E-state index is 10.8. The highest BCUT2D eigenvalue weighted by molar-refractivity contribution is 9.10. The van der Waals surface area contributed by atoms with Gasteiger partial charge in [-0.25, -0.2) is 10.1 Å². The molecule has 0 unspecified atom stereocenters. The van der Waals surface area contributed by atoms with E-state index in [1.54, 1.807) is 19.1 Å². The van der Waals surface area contributed by atoms with Crippen molar-refractivity contribution in [1.82, 2.24) is 14.9 Å². The summed E-state index contributed by atoms with van der Waals surface area (Å²) in [5.41, 5.74) is 3.12. The van der Waals surface area contributed by atoms with Crippen LogP contribution in [-0.4, -0.2) is 26.0 Å². The summed E-state index contributed by atoms with van der Waals surface area (Å²) in [4.78, 5) is 10.3. The van der Waals surface area contributed by atoms with Crippen molar-refractivity contribution in [2.75, 3.05) is 11.3 Å². The molecule has 3 N–H and O–H groups in total. The van der Waals surface area contributed by atoms with E-state index in [0.29, 0.717) is 15.9 Å². The Bertz CT molecular complexity index is 688. The van der Waals surface area contributed by atoms with Gasteiger partial charge in [-0.15, -0.1) is 22.6 Å². The van der Waals surface area contributed by atoms with Crippen LogP contribution in [-0.2, 0) is 0 Å². The smallest absolute Gasteiger partial charge is 0.284 e. The van der Waals surface area contributed by atoms with Gasteiger partial charge in [-0.3, -0.25) is 10.1 Å². The first-order valence-corrected chi connectivity index (χ1v) is 6.18. The van der Waals surface area contributed by atoms with Gasteiger partial charge in [0.05, 0.1) is 15.6 Å². The van der Waals surface area contributed by atoms with Gasteiger partial charge in [0.25, 0.3) is 11.6 Å². The van der Waals surface area contributed by atoms with Crippen molar-refractivity contribution in [3.63, 3.8) is 0 Å². The van der Waals surface area contributed by atoms with E-state index in [1.807, 2.05) is 0 Å². The number of rotatable bonds is 4. The van der Waals surface area contributed by atoms with E-state index in [9.17, 15) is 10.1 Å². The minimum absolute atomic E-state index is 0. The van der Waals surface area contributed by atoms with E-state index in [4.69, 9.17) is 5.84 Å². The van der Waals surface area contributed by atoms with E-state index in [0.717, 1.165) is 0 Å². The number of anilines is 1. The highest BCUT2D eigenvalue weighted by atomic mass is 79.9. The Kier molecular flexibility index (Phi) is 5.61. The van der Waals surface area contributed by atoms with E-state index < -0.39 is 4.92 Å². The van der Waals surface area contributed by atoms with Crippen molar-refractivity contribution in [2.45, 2.75) is 6.92 Å². The van der Waals surface area contributed by atoms with Crippen molar-refractivity contribution >= 4 is 46.2 Å². The van der Waals surface area contributed by atoms with Crippen LogP contribution in [0.3, 0.4) is 0 Å². The Hall–Kier alpha value is -2.20. The molecule has 0 spiro atoms. The summed E-state index contributed by atoms with van der Waals surface area (Å²) in [5.74, 6) is 6.42. The van der Waals surface area contributed by atoms with Crippen LogP contribution in [0.2, 0.25) is 0 Å². The molecule has 1 aromatic heterocycles. The zero-order valence-corrected chi connectivity index (χ0v) is 13.1. The third-order valence-corrected chi connectivity index (χ3v) is 3.08. The Balaban J connectivity index is 0.00000220. The average Bonchev–Trinajstić information content (AvgIpc) is 2.72. The van der Waals surface area contributed by atoms with Crippen LogP contribution >= 0.6 is 28.3 Å². The molecule has 112 valence electrons. The summed E-state index contributed by atoms with van der Waals surface area (Å²) in [5, 5.41) is 22.2. The molecule has 0 saturated carbocycles. The van der Waals surface area contributed by atoms with Crippen molar-refractivity contribution in [2.24, 2.45) is 5.10 Å². The molecule has 2 aromatic rings. The summed E-state index contributed by atoms with van der Waals surface area (Å²) < 4.78 is 1.64. The number of hydrazone groups is 1. The monoisotopic (exact) mass is 375 g/mol. The number of nitrogens with two attached hydrogens (primary N) is 1. The molecule has 1 heterocycles. The number of nitro benzene ring substituents is 1. The lowest BCUT2D eigenvalue weighted by molar-refractivity contribution is -0.385. The number of nitrogen functional groups attached to an aromatic ring is 1. The zero-order chi connectivity index (χ0) is 14.7. The number of nitrogens with zero attached hydrogens (tertiary/aromatic N) is 5. The standard InChI is InChI=1S/C10H10BrN7O2.ClH/c1-6-14-16-10(17(6)12)15-13-5-7-2-3-8(11)9(4-7)18(19)20;/h2-5H,12H2,1H3,(H,15,16);1H. The molecule has 0 amide bonds. The molecule has 0 aliphatic carbocycles. The lowest BCUT2D eigenvalue weighted by Crippen LogP contribution is -2.13. The molecule has 0 aliphatic heterocycles. The van der Waals surface area contributed by atoms with Crippen LogP contribution in [0.25, 0.3) is 0 Å². The van der Waals surface area contributed by atoms with Crippen molar-refractivity contribution in [3.05, 3.63) is 44.2 Å². The van der Waals surface area contributed by atoms with Gasteiger partial charge in [-0.2, -0.15) is 5.10 Å². The van der Waals surface area contributed by atoms with E-state index in [-0.39, 0.29) is 24.0 Å². The van der Waals surface area contributed by atoms with Gasteiger partial charge < -0.3 is 5.84 Å².